The van der Waals surface area contributed by atoms with Crippen LogP contribution in [-0.4, -0.2) is 33.0 Å². The standard InChI is InChI=1S/C14H23N3O2S/c1-9(2)11-5-4-10(3)6-12(11)19-13(18)7-20-14-15-8-16-17-14/h8-12H,4-7H2,1-3H3,(H,15,16,17)/t10-,11+,12-/m1/s1. The van der Waals surface area contributed by atoms with Gasteiger partial charge in [0.1, 0.15) is 12.4 Å². The van der Waals surface area contributed by atoms with Crippen molar-refractivity contribution in [2.75, 3.05) is 5.75 Å². The Balaban J connectivity index is 1.84. The molecule has 1 aliphatic rings. The summed E-state index contributed by atoms with van der Waals surface area (Å²) in [6.45, 7) is 6.66. The fourth-order valence-corrected chi connectivity index (χ4v) is 3.41. The highest BCUT2D eigenvalue weighted by Gasteiger charge is 2.33. The van der Waals surface area contributed by atoms with Gasteiger partial charge in [0, 0.05) is 0 Å². The molecular formula is C14H23N3O2S. The molecule has 1 heterocycles. The first-order valence-electron chi connectivity index (χ1n) is 7.24. The summed E-state index contributed by atoms with van der Waals surface area (Å²) in [5.41, 5.74) is 0. The molecule has 1 N–H and O–H groups in total. The molecule has 0 amide bonds. The van der Waals surface area contributed by atoms with Crippen LogP contribution < -0.4 is 0 Å². The minimum Gasteiger partial charge on any atom is -0.461 e. The van der Waals surface area contributed by atoms with Gasteiger partial charge in [-0.05, 0) is 30.6 Å². The summed E-state index contributed by atoms with van der Waals surface area (Å²) in [5, 5.41) is 7.13. The molecule has 2 rings (SSSR count). The maximum Gasteiger partial charge on any atom is 0.316 e. The van der Waals surface area contributed by atoms with Gasteiger partial charge in [-0.3, -0.25) is 9.89 Å². The topological polar surface area (TPSA) is 67.9 Å². The lowest BCUT2D eigenvalue weighted by Crippen LogP contribution is -2.36. The predicted octanol–water partition coefficient (Wildman–Crippen LogP) is 2.90. The minimum atomic E-state index is -0.156. The van der Waals surface area contributed by atoms with Crippen molar-refractivity contribution in [2.45, 2.75) is 51.3 Å². The van der Waals surface area contributed by atoms with Crippen LogP contribution in [0.25, 0.3) is 0 Å². The monoisotopic (exact) mass is 297 g/mol. The zero-order valence-corrected chi connectivity index (χ0v) is 13.2. The molecule has 0 radical (unpaired) electrons. The number of nitrogens with one attached hydrogen (secondary N) is 1. The van der Waals surface area contributed by atoms with Crippen molar-refractivity contribution < 1.29 is 9.53 Å². The molecule has 1 fully saturated rings. The Hall–Kier alpha value is -1.04. The number of aromatic nitrogens is 3. The van der Waals surface area contributed by atoms with Crippen LogP contribution in [0.15, 0.2) is 11.5 Å². The molecule has 0 saturated heterocycles. The van der Waals surface area contributed by atoms with E-state index in [0.29, 0.717) is 22.9 Å². The van der Waals surface area contributed by atoms with Crippen LogP contribution in [0.2, 0.25) is 0 Å². The molecular weight excluding hydrogens is 274 g/mol. The Kier molecular flexibility index (Phi) is 5.46. The molecule has 0 aromatic carbocycles. The summed E-state index contributed by atoms with van der Waals surface area (Å²) in [6, 6.07) is 0. The van der Waals surface area contributed by atoms with E-state index in [1.165, 1.54) is 24.5 Å². The third-order valence-corrected chi connectivity index (χ3v) is 4.81. The molecule has 0 spiro atoms. The molecule has 1 aromatic rings. The van der Waals surface area contributed by atoms with E-state index in [1.54, 1.807) is 0 Å². The van der Waals surface area contributed by atoms with Gasteiger partial charge >= 0.3 is 5.97 Å². The number of carbonyl (C=O) groups is 1. The number of esters is 1. The minimum absolute atomic E-state index is 0.0709. The smallest absolute Gasteiger partial charge is 0.316 e. The number of rotatable bonds is 5. The summed E-state index contributed by atoms with van der Waals surface area (Å²) in [4.78, 5) is 16.0. The number of H-pyrrole nitrogens is 1. The maximum absolute atomic E-state index is 12.0. The summed E-state index contributed by atoms with van der Waals surface area (Å²) in [6.07, 6.45) is 4.89. The second kappa shape index (κ2) is 7.11. The van der Waals surface area contributed by atoms with Gasteiger partial charge in [-0.2, -0.15) is 5.10 Å². The number of ether oxygens (including phenoxy) is 1. The molecule has 0 unspecified atom stereocenters. The van der Waals surface area contributed by atoms with Gasteiger partial charge in [0.25, 0.3) is 0 Å². The second-order valence-corrected chi connectivity index (χ2v) is 6.90. The van der Waals surface area contributed by atoms with Crippen LogP contribution in [0.4, 0.5) is 0 Å². The highest BCUT2D eigenvalue weighted by atomic mass is 32.2. The lowest BCUT2D eigenvalue weighted by atomic mass is 9.75. The van der Waals surface area contributed by atoms with Crippen LogP contribution in [0.1, 0.15) is 40.0 Å². The fourth-order valence-electron chi connectivity index (χ4n) is 2.84. The molecule has 0 aliphatic heterocycles. The normalized spacial score (nSPS) is 26.7. The molecule has 1 aromatic heterocycles. The van der Waals surface area contributed by atoms with Gasteiger partial charge in [-0.25, -0.2) is 4.98 Å². The Morgan fingerprint density at radius 3 is 3.00 bits per heavy atom. The zero-order valence-electron chi connectivity index (χ0n) is 12.3. The molecule has 20 heavy (non-hydrogen) atoms. The molecule has 6 heteroatoms. The zero-order chi connectivity index (χ0) is 14.5. The van der Waals surface area contributed by atoms with E-state index in [-0.39, 0.29) is 17.8 Å². The maximum atomic E-state index is 12.0. The average Bonchev–Trinajstić information content (AvgIpc) is 2.89. The molecule has 0 bridgehead atoms. The number of nitrogens with zero attached hydrogens (tertiary/aromatic N) is 2. The summed E-state index contributed by atoms with van der Waals surface area (Å²) in [5.74, 6) is 1.82. The van der Waals surface area contributed by atoms with Crippen molar-refractivity contribution >= 4 is 17.7 Å². The number of hydrogen-bond acceptors (Lipinski definition) is 5. The van der Waals surface area contributed by atoms with E-state index in [1.807, 2.05) is 0 Å². The van der Waals surface area contributed by atoms with Crippen molar-refractivity contribution in [3.8, 4) is 0 Å². The second-order valence-electron chi connectivity index (χ2n) is 5.93. The van der Waals surface area contributed by atoms with Crippen molar-refractivity contribution in [1.82, 2.24) is 15.2 Å². The Morgan fingerprint density at radius 2 is 2.35 bits per heavy atom. The molecule has 112 valence electrons. The van der Waals surface area contributed by atoms with E-state index >= 15 is 0 Å². The van der Waals surface area contributed by atoms with Crippen LogP contribution in [0.3, 0.4) is 0 Å². The largest absolute Gasteiger partial charge is 0.461 e. The SMILES string of the molecule is CC(C)[C@@H]1CC[C@@H](C)C[C@H]1OC(=O)CSc1ncn[nH]1. The lowest BCUT2D eigenvalue weighted by Gasteiger charge is -2.36. The number of hydrogen-bond donors (Lipinski definition) is 1. The molecule has 5 nitrogen and oxygen atoms in total. The third-order valence-electron chi connectivity index (χ3n) is 3.96. The quantitative estimate of drug-likeness (QED) is 0.668. The van der Waals surface area contributed by atoms with Crippen molar-refractivity contribution in [3.63, 3.8) is 0 Å². The highest BCUT2D eigenvalue weighted by molar-refractivity contribution is 7.99. The summed E-state index contributed by atoms with van der Waals surface area (Å²) >= 11 is 1.33. The highest BCUT2D eigenvalue weighted by Crippen LogP contribution is 2.35. The Morgan fingerprint density at radius 1 is 1.55 bits per heavy atom. The number of carbonyl (C=O) groups excluding carboxylic acids is 1. The average molecular weight is 297 g/mol. The Labute approximate surface area is 124 Å². The van der Waals surface area contributed by atoms with Gasteiger partial charge in [-0.15, -0.1) is 0 Å². The number of aromatic amines is 1. The van der Waals surface area contributed by atoms with Gasteiger partial charge in [0.2, 0.25) is 0 Å². The predicted molar refractivity (Wildman–Crippen MR) is 78.3 cm³/mol. The van der Waals surface area contributed by atoms with Crippen molar-refractivity contribution in [3.05, 3.63) is 6.33 Å². The molecule has 3 atom stereocenters. The van der Waals surface area contributed by atoms with Crippen LogP contribution in [-0.2, 0) is 9.53 Å². The summed E-state index contributed by atoms with van der Waals surface area (Å²) in [7, 11) is 0. The van der Waals surface area contributed by atoms with Gasteiger partial charge in [0.05, 0.1) is 5.75 Å². The summed E-state index contributed by atoms with van der Waals surface area (Å²) < 4.78 is 5.71. The first-order chi connectivity index (χ1) is 9.56. The molecule has 1 saturated carbocycles. The Bertz CT molecular complexity index is 422. The first-order valence-corrected chi connectivity index (χ1v) is 8.22. The fraction of sp³-hybridized carbons (Fsp3) is 0.786. The number of thioether (sulfide) groups is 1. The molecule has 1 aliphatic carbocycles. The van der Waals surface area contributed by atoms with Crippen LogP contribution >= 0.6 is 11.8 Å². The van der Waals surface area contributed by atoms with Crippen LogP contribution in [0.5, 0.6) is 0 Å². The van der Waals surface area contributed by atoms with Crippen molar-refractivity contribution in [2.24, 2.45) is 17.8 Å². The van der Waals surface area contributed by atoms with Gasteiger partial charge < -0.3 is 4.74 Å². The van der Waals surface area contributed by atoms with Crippen molar-refractivity contribution in [1.29, 1.82) is 0 Å². The third kappa shape index (κ3) is 4.23. The van der Waals surface area contributed by atoms with Gasteiger partial charge in [0.15, 0.2) is 5.16 Å². The lowest BCUT2D eigenvalue weighted by molar-refractivity contribution is -0.152. The van der Waals surface area contributed by atoms with E-state index in [4.69, 9.17) is 4.74 Å². The van der Waals surface area contributed by atoms with Crippen LogP contribution in [0, 0.1) is 17.8 Å². The van der Waals surface area contributed by atoms with Gasteiger partial charge in [-0.1, -0.05) is 39.0 Å². The van der Waals surface area contributed by atoms with E-state index < -0.39 is 0 Å². The van der Waals surface area contributed by atoms with E-state index in [0.717, 1.165) is 12.8 Å². The first kappa shape index (κ1) is 15.4. The van der Waals surface area contributed by atoms with E-state index in [2.05, 4.69) is 36.0 Å². The van der Waals surface area contributed by atoms with E-state index in [9.17, 15) is 4.79 Å².